The van der Waals surface area contributed by atoms with Crippen molar-refractivity contribution in [2.45, 2.75) is 45.2 Å². The minimum Gasteiger partial charge on any atom is -0.466 e. The Morgan fingerprint density at radius 2 is 2.00 bits per heavy atom. The minimum atomic E-state index is -1.29. The summed E-state index contributed by atoms with van der Waals surface area (Å²) in [5, 5.41) is 0.319. The third-order valence-electron chi connectivity index (χ3n) is 4.02. The fraction of sp³-hybridized carbons (Fsp3) is 0.471. The first-order valence-electron chi connectivity index (χ1n) is 8.28. The number of carbonyl (C=O) groups excluding carboxylic acids is 2. The Morgan fingerprint density at radius 1 is 1.27 bits per heavy atom. The maximum absolute atomic E-state index is 13.8. The van der Waals surface area contributed by atoms with Gasteiger partial charge in [0.2, 0.25) is 5.91 Å². The van der Waals surface area contributed by atoms with E-state index in [4.69, 9.17) is 4.74 Å². The van der Waals surface area contributed by atoms with E-state index in [2.05, 4.69) is 4.98 Å². The normalized spacial score (nSPS) is 13.8. The van der Waals surface area contributed by atoms with E-state index in [1.807, 2.05) is 0 Å². The Bertz CT molecular complexity index is 851. The van der Waals surface area contributed by atoms with Gasteiger partial charge in [0.05, 0.1) is 24.3 Å². The number of hydrogen-bond donors (Lipinski definition) is 0. The maximum atomic E-state index is 13.8. The number of esters is 1. The predicted octanol–water partition coefficient (Wildman–Crippen LogP) is 3.55. The molecule has 1 aliphatic rings. The molecule has 140 valence electrons. The van der Waals surface area contributed by atoms with Crippen LogP contribution in [0.25, 0.3) is 10.2 Å². The molecule has 0 aliphatic heterocycles. The summed E-state index contributed by atoms with van der Waals surface area (Å²) in [6, 6.07) is 0.520. The standard InChI is InChI=1S/C17H17F3N2O3S/c1-2-25-14(24)6-5-13(23)22(9-3-4-9)8-12-21-16-15(20)10(18)7-11(19)17(16)26-12/h7,9H,2-6,8H2,1H3. The molecule has 1 amide bonds. The van der Waals surface area contributed by atoms with Crippen molar-refractivity contribution in [3.8, 4) is 0 Å². The average Bonchev–Trinajstić information content (AvgIpc) is 3.34. The minimum absolute atomic E-state index is 0.00240. The van der Waals surface area contributed by atoms with Gasteiger partial charge in [-0.15, -0.1) is 11.3 Å². The van der Waals surface area contributed by atoms with Gasteiger partial charge in [-0.2, -0.15) is 0 Å². The van der Waals surface area contributed by atoms with Gasteiger partial charge in [0.25, 0.3) is 0 Å². The number of rotatable bonds is 7. The third kappa shape index (κ3) is 3.98. The lowest BCUT2D eigenvalue weighted by molar-refractivity contribution is -0.146. The van der Waals surface area contributed by atoms with Crippen molar-refractivity contribution >= 4 is 33.4 Å². The SMILES string of the molecule is CCOC(=O)CCC(=O)N(Cc1nc2c(F)c(F)cc(F)c2s1)C1CC1. The number of fused-ring (bicyclic) bond motifs is 1. The Kier molecular flexibility index (Phi) is 5.45. The molecule has 26 heavy (non-hydrogen) atoms. The second-order valence-corrected chi connectivity index (χ2v) is 7.08. The summed E-state index contributed by atoms with van der Waals surface area (Å²) < 4.78 is 45.7. The van der Waals surface area contributed by atoms with Crippen LogP contribution in [0.3, 0.4) is 0 Å². The molecule has 1 aliphatic carbocycles. The highest BCUT2D eigenvalue weighted by molar-refractivity contribution is 7.18. The second-order valence-electron chi connectivity index (χ2n) is 6.00. The van der Waals surface area contributed by atoms with Gasteiger partial charge in [0, 0.05) is 18.5 Å². The van der Waals surface area contributed by atoms with Crippen LogP contribution in [-0.2, 0) is 20.9 Å². The zero-order valence-corrected chi connectivity index (χ0v) is 14.9. The first-order chi connectivity index (χ1) is 12.4. The Hall–Kier alpha value is -2.16. The number of benzene rings is 1. The van der Waals surface area contributed by atoms with E-state index in [1.165, 1.54) is 0 Å². The Balaban J connectivity index is 1.75. The summed E-state index contributed by atoms with van der Waals surface area (Å²) in [6.07, 6.45) is 1.63. The van der Waals surface area contributed by atoms with Gasteiger partial charge in [0.15, 0.2) is 11.6 Å². The fourth-order valence-corrected chi connectivity index (χ4v) is 3.60. The van der Waals surface area contributed by atoms with Crippen molar-refractivity contribution in [2.24, 2.45) is 0 Å². The van der Waals surface area contributed by atoms with E-state index in [-0.39, 0.29) is 48.2 Å². The molecule has 0 N–H and O–H groups in total. The number of thiazole rings is 1. The van der Waals surface area contributed by atoms with Crippen molar-refractivity contribution in [1.29, 1.82) is 0 Å². The number of amides is 1. The molecule has 0 spiro atoms. The molecule has 1 saturated carbocycles. The molecular weight excluding hydrogens is 369 g/mol. The zero-order valence-electron chi connectivity index (χ0n) is 14.1. The van der Waals surface area contributed by atoms with E-state index in [0.29, 0.717) is 11.1 Å². The second kappa shape index (κ2) is 7.61. The topological polar surface area (TPSA) is 59.5 Å². The smallest absolute Gasteiger partial charge is 0.306 e. The molecule has 0 unspecified atom stereocenters. The molecular formula is C17H17F3N2O3S. The number of carbonyl (C=O) groups is 2. The molecule has 1 aromatic heterocycles. The molecule has 1 heterocycles. The van der Waals surface area contributed by atoms with Gasteiger partial charge < -0.3 is 9.64 Å². The fourth-order valence-electron chi connectivity index (χ4n) is 2.63. The molecule has 1 aromatic carbocycles. The lowest BCUT2D eigenvalue weighted by atomic mass is 10.2. The highest BCUT2D eigenvalue weighted by Crippen LogP contribution is 2.33. The van der Waals surface area contributed by atoms with Crippen LogP contribution in [0.5, 0.6) is 0 Å². The first kappa shape index (κ1) is 18.6. The molecule has 0 atom stereocenters. The van der Waals surface area contributed by atoms with Crippen molar-refractivity contribution < 1.29 is 27.5 Å². The summed E-state index contributed by atoms with van der Waals surface area (Å²) in [5.74, 6) is -4.07. The molecule has 1 fully saturated rings. The van der Waals surface area contributed by atoms with E-state index in [9.17, 15) is 22.8 Å². The van der Waals surface area contributed by atoms with Gasteiger partial charge >= 0.3 is 5.97 Å². The van der Waals surface area contributed by atoms with Gasteiger partial charge in [0.1, 0.15) is 16.3 Å². The predicted molar refractivity (Wildman–Crippen MR) is 88.9 cm³/mol. The van der Waals surface area contributed by atoms with E-state index >= 15 is 0 Å². The molecule has 5 nitrogen and oxygen atoms in total. The summed E-state index contributed by atoms with van der Waals surface area (Å²) in [7, 11) is 0. The van der Waals surface area contributed by atoms with E-state index in [1.54, 1.807) is 11.8 Å². The average molecular weight is 386 g/mol. The van der Waals surface area contributed by atoms with Crippen molar-refractivity contribution in [3.05, 3.63) is 28.5 Å². The van der Waals surface area contributed by atoms with Gasteiger partial charge in [-0.25, -0.2) is 18.2 Å². The summed E-state index contributed by atoms with van der Waals surface area (Å²) in [4.78, 5) is 29.4. The van der Waals surface area contributed by atoms with Gasteiger partial charge in [-0.1, -0.05) is 0 Å². The van der Waals surface area contributed by atoms with Crippen LogP contribution in [0.4, 0.5) is 13.2 Å². The molecule has 0 saturated heterocycles. The summed E-state index contributed by atoms with van der Waals surface area (Å²) >= 11 is 0.892. The number of ether oxygens (including phenoxy) is 1. The Labute approximate surface area is 151 Å². The number of halogens is 3. The van der Waals surface area contributed by atoms with Crippen LogP contribution < -0.4 is 0 Å². The largest absolute Gasteiger partial charge is 0.466 e. The number of nitrogens with zero attached hydrogens (tertiary/aromatic N) is 2. The zero-order chi connectivity index (χ0) is 18.8. The monoisotopic (exact) mass is 386 g/mol. The van der Waals surface area contributed by atoms with Crippen molar-refractivity contribution in [2.75, 3.05) is 6.61 Å². The van der Waals surface area contributed by atoms with Crippen LogP contribution in [0.15, 0.2) is 6.07 Å². The molecule has 0 radical (unpaired) electrons. The molecule has 9 heteroatoms. The van der Waals surface area contributed by atoms with Crippen LogP contribution in [-0.4, -0.2) is 34.4 Å². The number of aromatic nitrogens is 1. The summed E-state index contributed by atoms with van der Waals surface area (Å²) in [5.41, 5.74) is -0.364. The first-order valence-corrected chi connectivity index (χ1v) is 9.10. The highest BCUT2D eigenvalue weighted by Gasteiger charge is 2.33. The molecule has 2 aromatic rings. The van der Waals surface area contributed by atoms with E-state index < -0.39 is 23.4 Å². The van der Waals surface area contributed by atoms with Gasteiger partial charge in [-0.3, -0.25) is 9.59 Å². The van der Waals surface area contributed by atoms with Crippen LogP contribution in [0, 0.1) is 17.5 Å². The van der Waals surface area contributed by atoms with Crippen molar-refractivity contribution in [3.63, 3.8) is 0 Å². The lowest BCUT2D eigenvalue weighted by Gasteiger charge is -2.21. The van der Waals surface area contributed by atoms with Crippen LogP contribution in [0.1, 0.15) is 37.6 Å². The maximum Gasteiger partial charge on any atom is 0.306 e. The van der Waals surface area contributed by atoms with E-state index in [0.717, 1.165) is 24.2 Å². The third-order valence-corrected chi connectivity index (χ3v) is 5.07. The molecule has 0 bridgehead atoms. The van der Waals surface area contributed by atoms with Crippen LogP contribution in [0.2, 0.25) is 0 Å². The lowest BCUT2D eigenvalue weighted by Crippen LogP contribution is -2.32. The Morgan fingerprint density at radius 3 is 2.65 bits per heavy atom. The quantitative estimate of drug-likeness (QED) is 0.539. The van der Waals surface area contributed by atoms with Crippen LogP contribution >= 0.6 is 11.3 Å². The van der Waals surface area contributed by atoms with Crippen molar-refractivity contribution in [1.82, 2.24) is 9.88 Å². The highest BCUT2D eigenvalue weighted by atomic mass is 32.1. The summed E-state index contributed by atoms with van der Waals surface area (Å²) in [6.45, 7) is 2.01. The molecule has 3 rings (SSSR count). The number of hydrogen-bond acceptors (Lipinski definition) is 5. The van der Waals surface area contributed by atoms with Gasteiger partial charge in [-0.05, 0) is 19.8 Å².